The number of nitrogens with one attached hydrogen (secondary N) is 1. The van der Waals surface area contributed by atoms with Crippen molar-refractivity contribution in [3.05, 3.63) is 0 Å². The molecule has 0 aromatic rings. The van der Waals surface area contributed by atoms with E-state index in [9.17, 15) is 5.11 Å². The van der Waals surface area contributed by atoms with Crippen LogP contribution in [0.25, 0.3) is 0 Å². The lowest BCUT2D eigenvalue weighted by molar-refractivity contribution is 0.0843. The molecule has 4 nitrogen and oxygen atoms in total. The van der Waals surface area contributed by atoms with E-state index in [0.717, 1.165) is 26.2 Å². The highest BCUT2D eigenvalue weighted by atomic mass is 16.5. The summed E-state index contributed by atoms with van der Waals surface area (Å²) in [6.07, 6.45) is 0. The first-order chi connectivity index (χ1) is 8.33. The molecule has 4 heteroatoms. The number of methoxy groups -OCH3 is 1. The molecular formula is C14H32N2O2. The third kappa shape index (κ3) is 8.03. The molecule has 1 unspecified atom stereocenters. The first kappa shape index (κ1) is 17.8. The fraction of sp³-hybridized carbons (Fsp3) is 1.00. The first-order valence-electron chi connectivity index (χ1n) is 6.93. The van der Waals surface area contributed by atoms with Crippen molar-refractivity contribution in [2.75, 3.05) is 40.0 Å². The highest BCUT2D eigenvalue weighted by Crippen LogP contribution is 2.10. The van der Waals surface area contributed by atoms with Crippen molar-refractivity contribution in [2.45, 2.75) is 46.2 Å². The zero-order valence-electron chi connectivity index (χ0n) is 13.0. The summed E-state index contributed by atoms with van der Waals surface area (Å²) in [5.74, 6) is 0.615. The molecule has 18 heavy (non-hydrogen) atoms. The van der Waals surface area contributed by atoms with Gasteiger partial charge >= 0.3 is 0 Å². The second kappa shape index (κ2) is 8.86. The maximum Gasteiger partial charge on any atom is 0.0623 e. The van der Waals surface area contributed by atoms with E-state index in [-0.39, 0.29) is 12.1 Å². The molecule has 0 aliphatic heterocycles. The van der Waals surface area contributed by atoms with E-state index in [2.05, 4.69) is 44.8 Å². The van der Waals surface area contributed by atoms with Gasteiger partial charge in [-0.3, -0.25) is 4.90 Å². The van der Waals surface area contributed by atoms with Crippen molar-refractivity contribution < 1.29 is 9.84 Å². The lowest BCUT2D eigenvalue weighted by atomic mass is 10.0. The molecule has 0 saturated carbocycles. The molecule has 0 aliphatic carbocycles. The molecule has 0 rings (SSSR count). The van der Waals surface area contributed by atoms with Crippen LogP contribution in [0.2, 0.25) is 0 Å². The molecule has 0 spiro atoms. The Balaban J connectivity index is 4.48. The topological polar surface area (TPSA) is 44.7 Å². The fourth-order valence-corrected chi connectivity index (χ4v) is 2.30. The van der Waals surface area contributed by atoms with Gasteiger partial charge < -0.3 is 15.2 Å². The fourth-order valence-electron chi connectivity index (χ4n) is 2.30. The molecular weight excluding hydrogens is 228 g/mol. The van der Waals surface area contributed by atoms with Crippen LogP contribution in [-0.4, -0.2) is 61.5 Å². The highest BCUT2D eigenvalue weighted by molar-refractivity contribution is 4.87. The smallest absolute Gasteiger partial charge is 0.0623 e. The lowest BCUT2D eigenvalue weighted by Gasteiger charge is -2.37. The van der Waals surface area contributed by atoms with Crippen LogP contribution in [0.4, 0.5) is 0 Å². The van der Waals surface area contributed by atoms with Crippen molar-refractivity contribution >= 4 is 0 Å². The van der Waals surface area contributed by atoms with E-state index >= 15 is 0 Å². The van der Waals surface area contributed by atoms with E-state index in [4.69, 9.17) is 4.74 Å². The number of aliphatic hydroxyl groups is 1. The van der Waals surface area contributed by atoms with Crippen molar-refractivity contribution in [1.82, 2.24) is 10.2 Å². The number of hydrogen-bond acceptors (Lipinski definition) is 4. The molecule has 0 saturated heterocycles. The molecule has 0 fully saturated rings. The Bertz CT molecular complexity index is 210. The molecule has 0 amide bonds. The first-order valence-corrected chi connectivity index (χ1v) is 6.93. The average molecular weight is 260 g/mol. The molecule has 110 valence electrons. The van der Waals surface area contributed by atoms with Crippen LogP contribution < -0.4 is 5.32 Å². The zero-order valence-corrected chi connectivity index (χ0v) is 13.0. The van der Waals surface area contributed by atoms with Crippen LogP contribution in [0.5, 0.6) is 0 Å². The molecule has 0 aromatic carbocycles. The van der Waals surface area contributed by atoms with Crippen molar-refractivity contribution in [2.24, 2.45) is 5.92 Å². The molecule has 0 aromatic heterocycles. The van der Waals surface area contributed by atoms with Gasteiger partial charge in [0.25, 0.3) is 0 Å². The molecule has 0 aliphatic rings. The summed E-state index contributed by atoms with van der Waals surface area (Å²) in [4.78, 5) is 2.36. The summed E-state index contributed by atoms with van der Waals surface area (Å²) in [5.41, 5.74) is -0.253. The number of hydrogen-bond donors (Lipinski definition) is 2. The molecule has 0 radical (unpaired) electrons. The number of aliphatic hydroxyl groups excluding tert-OH is 1. The normalized spacial score (nSPS) is 15.7. The minimum Gasteiger partial charge on any atom is -0.394 e. The van der Waals surface area contributed by atoms with E-state index in [1.54, 1.807) is 7.11 Å². The predicted molar refractivity (Wildman–Crippen MR) is 76.9 cm³/mol. The minimum absolute atomic E-state index is 0.146. The maximum absolute atomic E-state index is 9.62. The zero-order chi connectivity index (χ0) is 14.2. The van der Waals surface area contributed by atoms with Gasteiger partial charge in [0.05, 0.1) is 18.8 Å². The van der Waals surface area contributed by atoms with Crippen LogP contribution in [0, 0.1) is 5.92 Å². The van der Waals surface area contributed by atoms with E-state index in [1.165, 1.54) is 0 Å². The van der Waals surface area contributed by atoms with Gasteiger partial charge in [0.2, 0.25) is 0 Å². The Hall–Kier alpha value is -0.160. The molecule has 1 atom stereocenters. The second-order valence-electron chi connectivity index (χ2n) is 6.14. The molecule has 0 heterocycles. The van der Waals surface area contributed by atoms with Crippen molar-refractivity contribution in [3.63, 3.8) is 0 Å². The number of ether oxygens (including phenoxy) is 1. The highest BCUT2D eigenvalue weighted by Gasteiger charge is 2.27. The van der Waals surface area contributed by atoms with E-state index in [1.807, 2.05) is 0 Å². The van der Waals surface area contributed by atoms with Gasteiger partial charge in [-0.2, -0.15) is 0 Å². The predicted octanol–water partition coefficient (Wildman–Crippen LogP) is 1.34. The van der Waals surface area contributed by atoms with Gasteiger partial charge in [-0.1, -0.05) is 27.7 Å². The molecule has 2 N–H and O–H groups in total. The number of nitrogens with zero attached hydrogens (tertiary/aromatic N) is 1. The lowest BCUT2D eigenvalue weighted by Crippen LogP contribution is -2.57. The third-order valence-electron chi connectivity index (χ3n) is 2.79. The summed E-state index contributed by atoms with van der Waals surface area (Å²) in [6, 6.07) is 0.366. The number of rotatable bonds is 10. The van der Waals surface area contributed by atoms with Crippen LogP contribution in [0.15, 0.2) is 0 Å². The van der Waals surface area contributed by atoms with Gasteiger partial charge in [0.15, 0.2) is 0 Å². The summed E-state index contributed by atoms with van der Waals surface area (Å²) >= 11 is 0. The van der Waals surface area contributed by atoms with E-state index < -0.39 is 0 Å². The third-order valence-corrected chi connectivity index (χ3v) is 2.79. The Labute approximate surface area is 113 Å². The largest absolute Gasteiger partial charge is 0.394 e. The van der Waals surface area contributed by atoms with Gasteiger partial charge in [-0.15, -0.1) is 0 Å². The summed E-state index contributed by atoms with van der Waals surface area (Å²) < 4.78 is 5.16. The van der Waals surface area contributed by atoms with Crippen LogP contribution in [0.3, 0.4) is 0 Å². The Kier molecular flexibility index (Phi) is 8.78. The summed E-state index contributed by atoms with van der Waals surface area (Å²) in [6.45, 7) is 14.4. The Morgan fingerprint density at radius 3 is 2.28 bits per heavy atom. The van der Waals surface area contributed by atoms with Crippen molar-refractivity contribution in [3.8, 4) is 0 Å². The molecule has 0 bridgehead atoms. The second-order valence-corrected chi connectivity index (χ2v) is 6.14. The summed E-state index contributed by atoms with van der Waals surface area (Å²) in [5, 5.41) is 13.1. The average Bonchev–Trinajstić information content (AvgIpc) is 2.24. The van der Waals surface area contributed by atoms with Crippen LogP contribution >= 0.6 is 0 Å². The van der Waals surface area contributed by atoms with Gasteiger partial charge in [-0.05, 0) is 12.8 Å². The van der Waals surface area contributed by atoms with E-state index in [0.29, 0.717) is 12.0 Å². The van der Waals surface area contributed by atoms with Crippen LogP contribution in [0.1, 0.15) is 34.6 Å². The van der Waals surface area contributed by atoms with Gasteiger partial charge in [-0.25, -0.2) is 0 Å². The Morgan fingerprint density at radius 1 is 1.28 bits per heavy atom. The maximum atomic E-state index is 9.62. The van der Waals surface area contributed by atoms with Gasteiger partial charge in [0, 0.05) is 32.8 Å². The van der Waals surface area contributed by atoms with Gasteiger partial charge in [0.1, 0.15) is 0 Å². The van der Waals surface area contributed by atoms with Crippen LogP contribution in [-0.2, 0) is 4.74 Å². The van der Waals surface area contributed by atoms with Crippen molar-refractivity contribution in [1.29, 1.82) is 0 Å². The Morgan fingerprint density at radius 2 is 1.89 bits per heavy atom. The minimum atomic E-state index is -0.253. The monoisotopic (exact) mass is 260 g/mol. The summed E-state index contributed by atoms with van der Waals surface area (Å²) in [7, 11) is 1.73. The SMILES string of the molecule is COCCN(CC(C)C)CC(C)(CO)NC(C)C. The quantitative estimate of drug-likeness (QED) is 0.622. The standard InChI is InChI=1S/C14H32N2O2/c1-12(2)9-16(7-8-18-6)10-14(5,11-17)15-13(3)4/h12-13,15,17H,7-11H2,1-6H3.